The molecule has 3 aliphatic heterocycles. The van der Waals surface area contributed by atoms with Gasteiger partial charge in [-0.15, -0.1) is 0 Å². The molecule has 284 valence electrons. The fourth-order valence-corrected chi connectivity index (χ4v) is 6.63. The van der Waals surface area contributed by atoms with Crippen LogP contribution in [0.25, 0.3) is 0 Å². The Kier molecular flexibility index (Phi) is 15.7. The Morgan fingerprint density at radius 1 is 1.20 bits per heavy atom. The predicted octanol–water partition coefficient (Wildman–Crippen LogP) is 4.68. The number of carbonyl (C=O) groups is 2. The fraction of sp³-hybridized carbons (Fsp3) is 0.744. The summed E-state index contributed by atoms with van der Waals surface area (Å²) in [5, 5.41) is 43.4. The van der Waals surface area contributed by atoms with Crippen molar-refractivity contribution in [2.75, 3.05) is 32.7 Å². The number of cyclic esters (lactones) is 1. The van der Waals surface area contributed by atoms with Crippen molar-refractivity contribution in [3.63, 3.8) is 0 Å². The van der Waals surface area contributed by atoms with Gasteiger partial charge in [0.1, 0.15) is 11.7 Å². The van der Waals surface area contributed by atoms with Gasteiger partial charge in [-0.25, -0.2) is 4.79 Å². The number of aliphatic hydroxyl groups excluding tert-OH is 2. The molecule has 3 heterocycles. The summed E-state index contributed by atoms with van der Waals surface area (Å²) in [6.07, 6.45) is 8.69. The number of allylic oxidation sites excluding steroid dienone is 3. The van der Waals surface area contributed by atoms with E-state index in [0.29, 0.717) is 31.5 Å². The minimum Gasteiger partial charge on any atom is -0.457 e. The molecule has 0 radical (unpaired) electrons. The number of hydrogen-bond acceptors (Lipinski definition) is 10. The standard InChI is InChI=1S/C39H64N2O9/c1-9-31(43)29(6)36-32(48-36)25-38(7,46)17-10-12-27(4)35-28(5)13-14-33(39(8,47)18-15-30(42)24-34(44)50-35)49-37(45)41-20-11-19-40(22-23-41)21-16-26(2)3/h10,12-14,16-17,28-33,35-36,42-43,46-47H,9,11,15,18-25H2,1-8H3/b14-13-,17-10+,27-12+. The molecule has 4 N–H and O–H groups in total. The minimum atomic E-state index is -1.50. The number of epoxide rings is 1. The van der Waals surface area contributed by atoms with E-state index in [0.717, 1.165) is 26.1 Å². The maximum Gasteiger partial charge on any atom is 0.410 e. The summed E-state index contributed by atoms with van der Waals surface area (Å²) >= 11 is 0. The average molecular weight is 705 g/mol. The molecule has 11 heteroatoms. The molecule has 0 aromatic heterocycles. The van der Waals surface area contributed by atoms with E-state index in [1.807, 2.05) is 27.7 Å². The molecular weight excluding hydrogens is 640 g/mol. The Bertz CT molecular complexity index is 1240. The van der Waals surface area contributed by atoms with Gasteiger partial charge in [-0.1, -0.05) is 56.7 Å². The highest BCUT2D eigenvalue weighted by Gasteiger charge is 2.47. The molecule has 1 amide bonds. The maximum absolute atomic E-state index is 13.4. The summed E-state index contributed by atoms with van der Waals surface area (Å²) in [5.74, 6) is -0.957. The zero-order valence-corrected chi connectivity index (χ0v) is 31.6. The Morgan fingerprint density at radius 3 is 2.60 bits per heavy atom. The summed E-state index contributed by atoms with van der Waals surface area (Å²) in [5.41, 5.74) is -0.701. The molecule has 2 fully saturated rings. The minimum absolute atomic E-state index is 0.0135. The number of amides is 1. The van der Waals surface area contributed by atoms with Gasteiger partial charge in [0.15, 0.2) is 6.10 Å². The molecule has 10 atom stereocenters. The van der Waals surface area contributed by atoms with E-state index in [9.17, 15) is 30.0 Å². The van der Waals surface area contributed by atoms with Crippen molar-refractivity contribution in [3.8, 4) is 0 Å². The Morgan fingerprint density at radius 2 is 1.92 bits per heavy atom. The first-order chi connectivity index (χ1) is 23.4. The highest BCUT2D eigenvalue weighted by Crippen LogP contribution is 2.37. The van der Waals surface area contributed by atoms with E-state index in [4.69, 9.17) is 14.2 Å². The van der Waals surface area contributed by atoms with Gasteiger partial charge in [-0.05, 0) is 72.0 Å². The van der Waals surface area contributed by atoms with Crippen LogP contribution in [0.3, 0.4) is 0 Å². The molecule has 0 aromatic carbocycles. The fourth-order valence-electron chi connectivity index (χ4n) is 6.63. The first-order valence-electron chi connectivity index (χ1n) is 18.4. The predicted molar refractivity (Wildman–Crippen MR) is 193 cm³/mol. The molecule has 0 aromatic rings. The molecule has 2 saturated heterocycles. The van der Waals surface area contributed by atoms with Crippen LogP contribution >= 0.6 is 0 Å². The summed E-state index contributed by atoms with van der Waals surface area (Å²) in [6.45, 7) is 18.5. The number of esters is 1. The van der Waals surface area contributed by atoms with Gasteiger partial charge in [-0.2, -0.15) is 0 Å². The lowest BCUT2D eigenvalue weighted by molar-refractivity contribution is -0.151. The highest BCUT2D eigenvalue weighted by atomic mass is 16.6. The van der Waals surface area contributed by atoms with Gasteiger partial charge >= 0.3 is 12.1 Å². The Hall–Kier alpha value is -2.54. The van der Waals surface area contributed by atoms with Crippen LogP contribution in [0.15, 0.2) is 47.6 Å². The maximum atomic E-state index is 13.4. The quantitative estimate of drug-likeness (QED) is 0.103. The van der Waals surface area contributed by atoms with E-state index < -0.39 is 47.7 Å². The zero-order valence-electron chi connectivity index (χ0n) is 31.6. The number of aliphatic hydroxyl groups is 4. The van der Waals surface area contributed by atoms with Crippen LogP contribution in [0.1, 0.15) is 93.9 Å². The first-order valence-corrected chi connectivity index (χ1v) is 18.4. The van der Waals surface area contributed by atoms with Crippen LogP contribution in [0.5, 0.6) is 0 Å². The highest BCUT2D eigenvalue weighted by molar-refractivity contribution is 5.70. The molecule has 0 bridgehead atoms. The number of nitrogens with zero attached hydrogens (tertiary/aromatic N) is 2. The van der Waals surface area contributed by atoms with Crippen LogP contribution in [0, 0.1) is 11.8 Å². The number of carbonyl (C=O) groups excluding carboxylic acids is 2. The van der Waals surface area contributed by atoms with E-state index in [1.165, 1.54) is 5.57 Å². The lowest BCUT2D eigenvalue weighted by Gasteiger charge is -2.34. The monoisotopic (exact) mass is 704 g/mol. The lowest BCUT2D eigenvalue weighted by Crippen LogP contribution is -2.45. The van der Waals surface area contributed by atoms with E-state index >= 15 is 0 Å². The zero-order chi connectivity index (χ0) is 37.2. The van der Waals surface area contributed by atoms with Gasteiger partial charge in [0, 0.05) is 51.0 Å². The van der Waals surface area contributed by atoms with Gasteiger partial charge in [0.05, 0.1) is 36.4 Å². The van der Waals surface area contributed by atoms with E-state index in [2.05, 4.69) is 24.8 Å². The Balaban J connectivity index is 1.74. The third kappa shape index (κ3) is 13.2. The second-order valence-electron chi connectivity index (χ2n) is 15.4. The topological polar surface area (TPSA) is 153 Å². The smallest absolute Gasteiger partial charge is 0.410 e. The largest absolute Gasteiger partial charge is 0.457 e. The van der Waals surface area contributed by atoms with Crippen LogP contribution in [-0.2, 0) is 19.0 Å². The van der Waals surface area contributed by atoms with Crippen LogP contribution < -0.4 is 0 Å². The summed E-state index contributed by atoms with van der Waals surface area (Å²) in [4.78, 5) is 30.3. The molecular formula is C39H64N2O9. The number of ether oxygens (including phenoxy) is 3. The van der Waals surface area contributed by atoms with Crippen molar-refractivity contribution < 1.29 is 44.2 Å². The first kappa shape index (κ1) is 41.9. The molecule has 3 aliphatic rings. The molecule has 3 rings (SSSR count). The Labute approximate surface area is 299 Å². The summed E-state index contributed by atoms with van der Waals surface area (Å²) in [7, 11) is 0. The molecule has 50 heavy (non-hydrogen) atoms. The van der Waals surface area contributed by atoms with Crippen molar-refractivity contribution in [3.05, 3.63) is 47.6 Å². The second-order valence-corrected chi connectivity index (χ2v) is 15.4. The third-order valence-electron chi connectivity index (χ3n) is 10.2. The van der Waals surface area contributed by atoms with Gasteiger partial charge < -0.3 is 39.5 Å². The van der Waals surface area contributed by atoms with Gasteiger partial charge in [0.25, 0.3) is 0 Å². The van der Waals surface area contributed by atoms with Crippen molar-refractivity contribution >= 4 is 12.1 Å². The number of hydrogen-bond donors (Lipinski definition) is 4. The van der Waals surface area contributed by atoms with E-state index in [-0.39, 0.29) is 43.3 Å². The molecule has 0 saturated carbocycles. The van der Waals surface area contributed by atoms with Crippen LogP contribution in [0.4, 0.5) is 4.79 Å². The normalized spacial score (nSPS) is 33.6. The molecule has 0 spiro atoms. The van der Waals surface area contributed by atoms with Crippen LogP contribution in [-0.4, -0.2) is 123 Å². The molecule has 0 aliphatic carbocycles. The third-order valence-corrected chi connectivity index (χ3v) is 10.2. The number of rotatable bonds is 11. The lowest BCUT2D eigenvalue weighted by atomic mass is 9.88. The van der Waals surface area contributed by atoms with Gasteiger partial charge in [0.2, 0.25) is 0 Å². The second kappa shape index (κ2) is 18.8. The van der Waals surface area contributed by atoms with Crippen molar-refractivity contribution in [2.24, 2.45) is 11.8 Å². The van der Waals surface area contributed by atoms with Crippen molar-refractivity contribution in [1.29, 1.82) is 0 Å². The van der Waals surface area contributed by atoms with E-state index in [1.54, 1.807) is 49.1 Å². The van der Waals surface area contributed by atoms with Crippen LogP contribution in [0.2, 0.25) is 0 Å². The molecule has 10 unspecified atom stereocenters. The average Bonchev–Trinajstić information content (AvgIpc) is 3.84. The SMILES string of the molecule is CCC(O)C(C)C1OC1CC(C)(O)/C=C/C=C(\C)C1OC(=O)CC(O)CCC(C)(O)C(OC(=O)N2CCCN(CC=C(C)C)CC2)/C=C\C1C. The summed E-state index contributed by atoms with van der Waals surface area (Å²) in [6, 6.07) is 0. The molecule has 11 nitrogen and oxygen atoms in total. The van der Waals surface area contributed by atoms with Gasteiger partial charge in [-0.3, -0.25) is 9.69 Å². The van der Waals surface area contributed by atoms with Crippen molar-refractivity contribution in [2.45, 2.75) is 142 Å². The summed E-state index contributed by atoms with van der Waals surface area (Å²) < 4.78 is 17.6. The van der Waals surface area contributed by atoms with Crippen molar-refractivity contribution in [1.82, 2.24) is 9.80 Å².